The van der Waals surface area contributed by atoms with E-state index in [0.29, 0.717) is 42.4 Å². The Morgan fingerprint density at radius 3 is 2.24 bits per heavy atom. The van der Waals surface area contributed by atoms with Gasteiger partial charge in [-0.05, 0) is 81.6 Å². The maximum Gasteiger partial charge on any atom is 0.264 e. The lowest BCUT2D eigenvalue weighted by Gasteiger charge is -2.28. The predicted molar refractivity (Wildman–Crippen MR) is 148 cm³/mol. The third kappa shape index (κ3) is 6.34. The van der Waals surface area contributed by atoms with E-state index in [1.807, 2.05) is 13.8 Å². The summed E-state index contributed by atoms with van der Waals surface area (Å²) in [5.41, 5.74) is 1.98. The average molecular weight is 536 g/mol. The molecule has 0 bridgehead atoms. The molecule has 0 saturated carbocycles. The lowest BCUT2D eigenvalue weighted by atomic mass is 10.1. The van der Waals surface area contributed by atoms with E-state index in [0.717, 1.165) is 29.1 Å². The van der Waals surface area contributed by atoms with Crippen molar-refractivity contribution >= 4 is 33.2 Å². The number of benzene rings is 3. The summed E-state index contributed by atoms with van der Waals surface area (Å²) in [6.07, 6.45) is 3.00. The van der Waals surface area contributed by atoms with E-state index in [1.165, 1.54) is 12.1 Å². The number of carbonyl (C=O) groups is 2. The molecule has 0 unspecified atom stereocenters. The second-order valence-corrected chi connectivity index (χ2v) is 11.1. The predicted octanol–water partition coefficient (Wildman–Crippen LogP) is 4.85. The first kappa shape index (κ1) is 27.2. The summed E-state index contributed by atoms with van der Waals surface area (Å²) in [5.74, 6) is -0.108. The number of likely N-dealkylation sites (tertiary alicyclic amines) is 1. The molecule has 1 aliphatic rings. The fourth-order valence-corrected chi connectivity index (χ4v) is 5.81. The molecular weight excluding hydrogens is 502 g/mol. The van der Waals surface area contributed by atoms with Crippen LogP contribution in [0.25, 0.3) is 0 Å². The van der Waals surface area contributed by atoms with Crippen molar-refractivity contribution in [3.8, 4) is 5.75 Å². The molecule has 0 atom stereocenters. The molecule has 1 heterocycles. The van der Waals surface area contributed by atoms with Crippen molar-refractivity contribution in [1.82, 2.24) is 4.90 Å². The van der Waals surface area contributed by atoms with Crippen molar-refractivity contribution in [2.45, 2.75) is 38.0 Å². The topological polar surface area (TPSA) is 96.0 Å². The number of nitrogens with one attached hydrogen (secondary N) is 1. The van der Waals surface area contributed by atoms with Gasteiger partial charge in [0.15, 0.2) is 0 Å². The van der Waals surface area contributed by atoms with Crippen LogP contribution in [0.3, 0.4) is 0 Å². The Bertz CT molecular complexity index is 1370. The van der Waals surface area contributed by atoms with Gasteiger partial charge in [0.2, 0.25) is 5.91 Å². The number of para-hydroxylation sites is 1. The van der Waals surface area contributed by atoms with Gasteiger partial charge in [0.25, 0.3) is 15.9 Å². The zero-order valence-electron chi connectivity index (χ0n) is 21.7. The highest BCUT2D eigenvalue weighted by molar-refractivity contribution is 7.92. The van der Waals surface area contributed by atoms with E-state index in [-0.39, 0.29) is 10.8 Å². The van der Waals surface area contributed by atoms with Crippen LogP contribution in [0.5, 0.6) is 5.75 Å². The summed E-state index contributed by atoms with van der Waals surface area (Å²) in [5, 5.41) is 2.78. The molecule has 2 amide bonds. The zero-order valence-corrected chi connectivity index (χ0v) is 22.5. The van der Waals surface area contributed by atoms with Gasteiger partial charge in [0.05, 0.1) is 28.4 Å². The van der Waals surface area contributed by atoms with E-state index < -0.39 is 22.5 Å². The number of amides is 2. The zero-order chi connectivity index (χ0) is 27.1. The molecule has 1 N–H and O–H groups in total. The Labute approximate surface area is 224 Å². The first-order valence-corrected chi connectivity index (χ1v) is 14.2. The van der Waals surface area contributed by atoms with Crippen LogP contribution < -0.4 is 14.4 Å². The molecule has 9 heteroatoms. The smallest absolute Gasteiger partial charge is 0.264 e. The van der Waals surface area contributed by atoms with Crippen LogP contribution in [-0.2, 0) is 14.8 Å². The number of anilines is 2. The Balaban J connectivity index is 1.61. The number of sulfonamides is 1. The number of nitrogens with zero attached hydrogens (tertiary/aromatic N) is 2. The van der Waals surface area contributed by atoms with E-state index in [2.05, 4.69) is 5.32 Å². The minimum absolute atomic E-state index is 0.0745. The highest BCUT2D eigenvalue weighted by Gasteiger charge is 2.28. The molecule has 38 heavy (non-hydrogen) atoms. The number of piperidine rings is 1. The van der Waals surface area contributed by atoms with Crippen LogP contribution in [-0.4, -0.2) is 51.4 Å². The molecule has 0 aromatic heterocycles. The van der Waals surface area contributed by atoms with Crippen LogP contribution in [0.2, 0.25) is 0 Å². The second kappa shape index (κ2) is 12.1. The summed E-state index contributed by atoms with van der Waals surface area (Å²) in [6.45, 7) is 5.10. The highest BCUT2D eigenvalue weighted by Crippen LogP contribution is 2.27. The number of rotatable bonds is 9. The third-order valence-corrected chi connectivity index (χ3v) is 8.19. The normalized spacial score (nSPS) is 13.6. The molecule has 0 spiro atoms. The maximum absolute atomic E-state index is 13.7. The molecule has 8 nitrogen and oxygen atoms in total. The van der Waals surface area contributed by atoms with Gasteiger partial charge in [-0.1, -0.05) is 29.8 Å². The molecule has 0 radical (unpaired) electrons. The molecule has 1 saturated heterocycles. The Hall–Kier alpha value is -3.85. The Morgan fingerprint density at radius 1 is 0.921 bits per heavy atom. The third-order valence-electron chi connectivity index (χ3n) is 6.41. The van der Waals surface area contributed by atoms with Crippen molar-refractivity contribution < 1.29 is 22.7 Å². The van der Waals surface area contributed by atoms with Crippen molar-refractivity contribution in [3.63, 3.8) is 0 Å². The molecule has 1 fully saturated rings. The molecule has 4 rings (SSSR count). The minimum atomic E-state index is -4.07. The second-order valence-electron chi connectivity index (χ2n) is 9.20. The van der Waals surface area contributed by atoms with Crippen LogP contribution in [0.15, 0.2) is 77.7 Å². The lowest BCUT2D eigenvalue weighted by Crippen LogP contribution is -2.39. The first-order chi connectivity index (χ1) is 18.3. The van der Waals surface area contributed by atoms with Crippen molar-refractivity contribution in [3.05, 3.63) is 83.9 Å². The monoisotopic (exact) mass is 535 g/mol. The quantitative estimate of drug-likeness (QED) is 0.422. The number of hydrogen-bond donors (Lipinski definition) is 1. The van der Waals surface area contributed by atoms with E-state index in [4.69, 9.17) is 4.74 Å². The number of carbonyl (C=O) groups excluding carboxylic acids is 2. The molecular formula is C29H33N3O5S. The van der Waals surface area contributed by atoms with Gasteiger partial charge in [-0.15, -0.1) is 0 Å². The van der Waals surface area contributed by atoms with Gasteiger partial charge >= 0.3 is 0 Å². The van der Waals surface area contributed by atoms with E-state index in [1.54, 1.807) is 65.6 Å². The average Bonchev–Trinajstić information content (AvgIpc) is 2.93. The van der Waals surface area contributed by atoms with Crippen molar-refractivity contribution in [1.29, 1.82) is 0 Å². The summed E-state index contributed by atoms with van der Waals surface area (Å²) < 4.78 is 33.9. The van der Waals surface area contributed by atoms with Crippen molar-refractivity contribution in [2.24, 2.45) is 0 Å². The van der Waals surface area contributed by atoms with Gasteiger partial charge in [-0.25, -0.2) is 8.42 Å². The van der Waals surface area contributed by atoms with Crippen LogP contribution in [0, 0.1) is 6.92 Å². The summed E-state index contributed by atoms with van der Waals surface area (Å²) in [6, 6.07) is 19.9. The number of hydrogen-bond acceptors (Lipinski definition) is 5. The fourth-order valence-electron chi connectivity index (χ4n) is 4.39. The summed E-state index contributed by atoms with van der Waals surface area (Å²) in [7, 11) is -4.07. The maximum atomic E-state index is 13.7. The van der Waals surface area contributed by atoms with Crippen molar-refractivity contribution in [2.75, 3.05) is 35.9 Å². The summed E-state index contributed by atoms with van der Waals surface area (Å²) in [4.78, 5) is 28.3. The van der Waals surface area contributed by atoms with Gasteiger partial charge in [-0.3, -0.25) is 13.9 Å². The number of aryl methyl sites for hydroxylation is 1. The van der Waals surface area contributed by atoms with Gasteiger partial charge in [0.1, 0.15) is 12.3 Å². The minimum Gasteiger partial charge on any atom is -0.494 e. The number of ether oxygens (including phenoxy) is 1. The molecule has 200 valence electrons. The van der Waals surface area contributed by atoms with Gasteiger partial charge < -0.3 is 15.0 Å². The Kier molecular flexibility index (Phi) is 8.68. The summed E-state index contributed by atoms with van der Waals surface area (Å²) >= 11 is 0. The lowest BCUT2D eigenvalue weighted by molar-refractivity contribution is -0.114. The standard InChI is InChI=1S/C29H33N3O5S/c1-3-37-24-15-13-23(14-16-24)32(38(35,36)25-17-11-22(2)12-18-25)21-28(33)30-27-10-6-5-9-26(27)29(34)31-19-7-4-8-20-31/h5-6,9-18H,3-4,7-8,19-21H2,1-2H3,(H,30,33). The van der Waals surface area contributed by atoms with Crippen LogP contribution in [0.1, 0.15) is 42.1 Å². The van der Waals surface area contributed by atoms with Gasteiger partial charge in [-0.2, -0.15) is 0 Å². The molecule has 0 aliphatic carbocycles. The molecule has 3 aromatic carbocycles. The molecule has 3 aromatic rings. The largest absolute Gasteiger partial charge is 0.494 e. The first-order valence-electron chi connectivity index (χ1n) is 12.8. The highest BCUT2D eigenvalue weighted by atomic mass is 32.2. The van der Waals surface area contributed by atoms with Gasteiger partial charge in [0, 0.05) is 13.1 Å². The van der Waals surface area contributed by atoms with Crippen LogP contribution >= 0.6 is 0 Å². The fraction of sp³-hybridized carbons (Fsp3) is 0.310. The van der Waals surface area contributed by atoms with Crippen LogP contribution in [0.4, 0.5) is 11.4 Å². The Morgan fingerprint density at radius 2 is 1.58 bits per heavy atom. The van der Waals surface area contributed by atoms with E-state index >= 15 is 0 Å². The van der Waals surface area contributed by atoms with E-state index in [9.17, 15) is 18.0 Å². The SMILES string of the molecule is CCOc1ccc(N(CC(=O)Nc2ccccc2C(=O)N2CCCCC2)S(=O)(=O)c2ccc(C)cc2)cc1. The molecule has 1 aliphatic heterocycles.